The molecule has 0 aromatic heterocycles. The summed E-state index contributed by atoms with van der Waals surface area (Å²) in [4.78, 5) is 23.0. The molecule has 6 nitrogen and oxygen atoms in total. The van der Waals surface area contributed by atoms with Crippen molar-refractivity contribution in [3.05, 3.63) is 23.3 Å². The number of fused-ring (bicyclic) bond motifs is 1. The van der Waals surface area contributed by atoms with E-state index in [0.717, 1.165) is 30.4 Å². The Morgan fingerprint density at radius 1 is 1.31 bits per heavy atom. The van der Waals surface area contributed by atoms with Gasteiger partial charge in [-0.05, 0) is 55.9 Å². The Balaban J connectivity index is 2.37. The van der Waals surface area contributed by atoms with E-state index in [4.69, 9.17) is 9.47 Å². The summed E-state index contributed by atoms with van der Waals surface area (Å²) in [6, 6.07) is 0. The van der Waals surface area contributed by atoms with Gasteiger partial charge in [-0.3, -0.25) is 4.79 Å². The molecule has 0 amide bonds. The van der Waals surface area contributed by atoms with Crippen LogP contribution in [0, 0.1) is 22.7 Å². The lowest BCUT2D eigenvalue weighted by molar-refractivity contribution is -0.161. The van der Waals surface area contributed by atoms with Crippen molar-refractivity contribution in [2.75, 3.05) is 20.3 Å². The van der Waals surface area contributed by atoms with Crippen molar-refractivity contribution >= 4 is 11.9 Å². The van der Waals surface area contributed by atoms with E-state index in [-0.39, 0.29) is 42.4 Å². The predicted octanol–water partition coefficient (Wildman–Crippen LogP) is 3.17. The maximum absolute atomic E-state index is 11.6. The van der Waals surface area contributed by atoms with Crippen LogP contribution in [0.2, 0.25) is 0 Å². The Kier molecular flexibility index (Phi) is 7.68. The van der Waals surface area contributed by atoms with Gasteiger partial charge < -0.3 is 19.7 Å². The number of aliphatic hydroxyl groups is 2. The second kappa shape index (κ2) is 9.43. The van der Waals surface area contributed by atoms with Crippen LogP contribution in [-0.4, -0.2) is 48.6 Å². The van der Waals surface area contributed by atoms with Crippen LogP contribution in [0.3, 0.4) is 0 Å². The number of hydrogen-bond donors (Lipinski definition) is 2. The summed E-state index contributed by atoms with van der Waals surface area (Å²) in [6.45, 7) is 7.79. The zero-order valence-electron chi connectivity index (χ0n) is 18.4. The quantitative estimate of drug-likeness (QED) is 0.382. The average molecular weight is 409 g/mol. The SMILES string of the molecule is COC(=O)C=C(C)CCC1(C)C(COC(C)=O)CC(O)C2(C)C(CO)=CCCC12. The molecule has 2 aliphatic rings. The first-order chi connectivity index (χ1) is 13.6. The topological polar surface area (TPSA) is 93.1 Å². The van der Waals surface area contributed by atoms with Crippen LogP contribution < -0.4 is 0 Å². The molecule has 0 aromatic carbocycles. The summed E-state index contributed by atoms with van der Waals surface area (Å²) in [5.74, 6) is -0.548. The van der Waals surface area contributed by atoms with E-state index in [0.29, 0.717) is 12.8 Å². The molecule has 0 aliphatic heterocycles. The number of methoxy groups -OCH3 is 1. The van der Waals surface area contributed by atoms with Crippen LogP contribution in [-0.2, 0) is 19.1 Å². The van der Waals surface area contributed by atoms with E-state index >= 15 is 0 Å². The molecule has 2 aliphatic carbocycles. The molecule has 0 heterocycles. The van der Waals surface area contributed by atoms with Crippen molar-refractivity contribution in [3.63, 3.8) is 0 Å². The average Bonchev–Trinajstić information content (AvgIpc) is 2.68. The zero-order chi connectivity index (χ0) is 21.8. The maximum atomic E-state index is 11.6. The zero-order valence-corrected chi connectivity index (χ0v) is 18.4. The van der Waals surface area contributed by atoms with Crippen molar-refractivity contribution in [1.29, 1.82) is 0 Å². The third-order valence-corrected chi connectivity index (χ3v) is 7.47. The Hall–Kier alpha value is -1.66. The van der Waals surface area contributed by atoms with Gasteiger partial charge in [0.2, 0.25) is 0 Å². The largest absolute Gasteiger partial charge is 0.466 e. The van der Waals surface area contributed by atoms with Crippen LogP contribution in [0.5, 0.6) is 0 Å². The van der Waals surface area contributed by atoms with Crippen molar-refractivity contribution in [1.82, 2.24) is 0 Å². The van der Waals surface area contributed by atoms with Crippen molar-refractivity contribution < 1.29 is 29.3 Å². The molecular weight excluding hydrogens is 372 g/mol. The lowest BCUT2D eigenvalue weighted by Gasteiger charge is -2.60. The van der Waals surface area contributed by atoms with E-state index in [1.807, 2.05) is 6.92 Å². The normalized spacial score (nSPS) is 34.8. The summed E-state index contributed by atoms with van der Waals surface area (Å²) < 4.78 is 10.1. The molecule has 5 atom stereocenters. The molecule has 0 spiro atoms. The number of ether oxygens (including phenoxy) is 2. The minimum absolute atomic E-state index is 0.00319. The molecule has 0 radical (unpaired) electrons. The summed E-state index contributed by atoms with van der Waals surface area (Å²) in [7, 11) is 1.36. The first kappa shape index (κ1) is 23.6. The third kappa shape index (κ3) is 4.75. The number of aliphatic hydroxyl groups excluding tert-OH is 2. The van der Waals surface area contributed by atoms with Crippen LogP contribution in [0.4, 0.5) is 0 Å². The number of rotatable bonds is 7. The molecule has 0 bridgehead atoms. The second-order valence-corrected chi connectivity index (χ2v) is 9.07. The molecule has 6 heteroatoms. The second-order valence-electron chi connectivity index (χ2n) is 9.07. The van der Waals surface area contributed by atoms with Gasteiger partial charge in [-0.15, -0.1) is 0 Å². The van der Waals surface area contributed by atoms with E-state index < -0.39 is 11.5 Å². The molecule has 29 heavy (non-hydrogen) atoms. The number of hydrogen-bond acceptors (Lipinski definition) is 6. The van der Waals surface area contributed by atoms with E-state index in [2.05, 4.69) is 19.9 Å². The Morgan fingerprint density at radius 2 is 2.00 bits per heavy atom. The van der Waals surface area contributed by atoms with Gasteiger partial charge in [-0.1, -0.05) is 25.5 Å². The highest BCUT2D eigenvalue weighted by atomic mass is 16.5. The monoisotopic (exact) mass is 408 g/mol. The molecule has 2 N–H and O–H groups in total. The van der Waals surface area contributed by atoms with E-state index in [1.54, 1.807) is 0 Å². The fourth-order valence-electron chi connectivity index (χ4n) is 5.59. The molecular formula is C23H36O6. The summed E-state index contributed by atoms with van der Waals surface area (Å²) in [5.41, 5.74) is 1.11. The molecule has 1 saturated carbocycles. The third-order valence-electron chi connectivity index (χ3n) is 7.47. The van der Waals surface area contributed by atoms with Gasteiger partial charge in [0, 0.05) is 24.3 Å². The number of allylic oxidation sites excluding steroid dienone is 2. The highest BCUT2D eigenvalue weighted by Gasteiger charge is 2.59. The van der Waals surface area contributed by atoms with Gasteiger partial charge in [0.25, 0.3) is 0 Å². The Morgan fingerprint density at radius 3 is 2.59 bits per heavy atom. The summed E-state index contributed by atoms with van der Waals surface area (Å²) in [6.07, 6.45) is 6.75. The van der Waals surface area contributed by atoms with Crippen molar-refractivity contribution in [2.45, 2.75) is 65.9 Å². The maximum Gasteiger partial charge on any atom is 0.330 e. The lowest BCUT2D eigenvalue weighted by Crippen LogP contribution is -2.58. The van der Waals surface area contributed by atoms with E-state index in [1.165, 1.54) is 20.1 Å². The molecule has 2 rings (SSSR count). The van der Waals surface area contributed by atoms with Gasteiger partial charge in [-0.2, -0.15) is 0 Å². The van der Waals surface area contributed by atoms with Crippen LogP contribution in [0.1, 0.15) is 59.8 Å². The predicted molar refractivity (Wildman–Crippen MR) is 110 cm³/mol. The lowest BCUT2D eigenvalue weighted by atomic mass is 9.45. The smallest absolute Gasteiger partial charge is 0.330 e. The Bertz CT molecular complexity index is 681. The van der Waals surface area contributed by atoms with Gasteiger partial charge >= 0.3 is 11.9 Å². The number of esters is 2. The van der Waals surface area contributed by atoms with Crippen LogP contribution in [0.15, 0.2) is 23.3 Å². The van der Waals surface area contributed by atoms with Gasteiger partial charge in [0.05, 0.1) is 26.4 Å². The minimum Gasteiger partial charge on any atom is -0.466 e. The Labute approximate surface area is 174 Å². The van der Waals surface area contributed by atoms with E-state index in [9.17, 15) is 19.8 Å². The first-order valence-electron chi connectivity index (χ1n) is 10.5. The minimum atomic E-state index is -0.605. The number of carbonyl (C=O) groups excluding carboxylic acids is 2. The number of carbonyl (C=O) groups is 2. The van der Waals surface area contributed by atoms with Gasteiger partial charge in [-0.25, -0.2) is 4.79 Å². The summed E-state index contributed by atoms with van der Waals surface area (Å²) in [5, 5.41) is 21.1. The van der Waals surface area contributed by atoms with Gasteiger partial charge in [0.15, 0.2) is 0 Å². The fraction of sp³-hybridized carbons (Fsp3) is 0.739. The van der Waals surface area contributed by atoms with Crippen LogP contribution >= 0.6 is 0 Å². The molecule has 0 saturated heterocycles. The summed E-state index contributed by atoms with van der Waals surface area (Å²) >= 11 is 0. The van der Waals surface area contributed by atoms with Crippen LogP contribution in [0.25, 0.3) is 0 Å². The standard InChI is InChI=1S/C23H36O6/c1-15(11-21(27)28-5)9-10-22(3)18(14-29-16(2)25)12-20(26)23(4)17(13-24)7-6-8-19(22)23/h7,11,18-20,24,26H,6,8-10,12-14H2,1-5H3. The first-order valence-corrected chi connectivity index (χ1v) is 10.5. The van der Waals surface area contributed by atoms with Crippen molar-refractivity contribution in [2.24, 2.45) is 22.7 Å². The molecule has 0 aromatic rings. The highest BCUT2D eigenvalue weighted by molar-refractivity contribution is 5.82. The molecule has 1 fully saturated rings. The molecule has 164 valence electrons. The molecule has 5 unspecified atom stereocenters. The van der Waals surface area contributed by atoms with Crippen molar-refractivity contribution in [3.8, 4) is 0 Å². The van der Waals surface area contributed by atoms with Gasteiger partial charge in [0.1, 0.15) is 0 Å². The fourth-order valence-corrected chi connectivity index (χ4v) is 5.59. The highest BCUT2D eigenvalue weighted by Crippen LogP contribution is 2.62.